The molecule has 1 saturated heterocycles. The van der Waals surface area contributed by atoms with Gasteiger partial charge in [-0.2, -0.15) is 0 Å². The standard InChI is InChI=1S/C28H30N4O3/c1-2-3-17-31-20-23(18-26(31)33)27(34)30-24-14-12-22(13-15-24)28(35)32(25-11-7-8-16-29-25)19-21-9-5-4-6-10-21/h4-16,23H,2-3,17-20H2,1H3,(H,30,34). The minimum Gasteiger partial charge on any atom is -0.342 e. The predicted octanol–water partition coefficient (Wildman–Crippen LogP) is 4.52. The molecule has 0 radical (unpaired) electrons. The third kappa shape index (κ3) is 6.12. The Kier molecular flexibility index (Phi) is 7.88. The Morgan fingerprint density at radius 1 is 1.03 bits per heavy atom. The molecule has 2 heterocycles. The van der Waals surface area contributed by atoms with Crippen molar-refractivity contribution in [1.82, 2.24) is 9.88 Å². The van der Waals surface area contributed by atoms with Crippen molar-refractivity contribution in [2.75, 3.05) is 23.3 Å². The van der Waals surface area contributed by atoms with Crippen molar-refractivity contribution >= 4 is 29.2 Å². The second-order valence-corrected chi connectivity index (χ2v) is 8.73. The Labute approximate surface area is 205 Å². The van der Waals surface area contributed by atoms with Crippen LogP contribution in [0.3, 0.4) is 0 Å². The largest absolute Gasteiger partial charge is 0.342 e. The average Bonchev–Trinajstić information content (AvgIpc) is 3.27. The molecule has 1 fully saturated rings. The van der Waals surface area contributed by atoms with Gasteiger partial charge in [-0.25, -0.2) is 4.98 Å². The fourth-order valence-electron chi connectivity index (χ4n) is 4.15. The summed E-state index contributed by atoms with van der Waals surface area (Å²) in [7, 11) is 0. The Bertz CT molecular complexity index is 1150. The van der Waals surface area contributed by atoms with Crippen LogP contribution in [0, 0.1) is 5.92 Å². The topological polar surface area (TPSA) is 82.6 Å². The average molecular weight is 471 g/mol. The first-order valence-electron chi connectivity index (χ1n) is 12.0. The van der Waals surface area contributed by atoms with Crippen LogP contribution in [0.2, 0.25) is 0 Å². The molecule has 7 nitrogen and oxygen atoms in total. The van der Waals surface area contributed by atoms with E-state index in [0.29, 0.717) is 36.7 Å². The molecule has 1 atom stereocenters. The summed E-state index contributed by atoms with van der Waals surface area (Å²) >= 11 is 0. The van der Waals surface area contributed by atoms with Crippen LogP contribution in [-0.2, 0) is 16.1 Å². The van der Waals surface area contributed by atoms with Gasteiger partial charge in [-0.05, 0) is 48.4 Å². The number of carbonyl (C=O) groups is 3. The van der Waals surface area contributed by atoms with E-state index in [1.807, 2.05) is 48.5 Å². The summed E-state index contributed by atoms with van der Waals surface area (Å²) in [6.45, 7) is 3.63. The second kappa shape index (κ2) is 11.4. The van der Waals surface area contributed by atoms with Crippen molar-refractivity contribution in [3.8, 4) is 0 Å². The lowest BCUT2D eigenvalue weighted by Crippen LogP contribution is -2.31. The predicted molar refractivity (Wildman–Crippen MR) is 136 cm³/mol. The van der Waals surface area contributed by atoms with Crippen LogP contribution < -0.4 is 10.2 Å². The lowest BCUT2D eigenvalue weighted by atomic mass is 10.1. The molecule has 0 saturated carbocycles. The summed E-state index contributed by atoms with van der Waals surface area (Å²) in [5, 5.41) is 2.89. The van der Waals surface area contributed by atoms with Gasteiger partial charge in [0.15, 0.2) is 0 Å². The van der Waals surface area contributed by atoms with Crippen molar-refractivity contribution in [3.05, 3.63) is 90.1 Å². The zero-order valence-corrected chi connectivity index (χ0v) is 19.9. The number of nitrogens with zero attached hydrogens (tertiary/aromatic N) is 3. The summed E-state index contributed by atoms with van der Waals surface area (Å²) in [4.78, 5) is 46.1. The molecule has 1 aliphatic heterocycles. The molecule has 3 amide bonds. The molecule has 0 aliphatic carbocycles. The number of aromatic nitrogens is 1. The number of hydrogen-bond acceptors (Lipinski definition) is 4. The van der Waals surface area contributed by atoms with Gasteiger partial charge >= 0.3 is 0 Å². The van der Waals surface area contributed by atoms with Gasteiger partial charge in [0.1, 0.15) is 5.82 Å². The van der Waals surface area contributed by atoms with E-state index in [-0.39, 0.29) is 30.1 Å². The number of nitrogens with one attached hydrogen (secondary N) is 1. The molecule has 2 aromatic carbocycles. The van der Waals surface area contributed by atoms with E-state index in [1.165, 1.54) is 0 Å². The maximum atomic E-state index is 13.4. The van der Waals surface area contributed by atoms with Crippen molar-refractivity contribution in [2.24, 2.45) is 5.92 Å². The van der Waals surface area contributed by atoms with Crippen LogP contribution in [0.1, 0.15) is 42.1 Å². The Morgan fingerprint density at radius 2 is 1.77 bits per heavy atom. The quantitative estimate of drug-likeness (QED) is 0.499. The Hall–Kier alpha value is -4.00. The molecule has 3 aromatic rings. The smallest absolute Gasteiger partial charge is 0.259 e. The first kappa shape index (κ1) is 24.1. The van der Waals surface area contributed by atoms with E-state index in [1.54, 1.807) is 40.3 Å². The maximum Gasteiger partial charge on any atom is 0.259 e. The monoisotopic (exact) mass is 470 g/mol. The molecule has 4 rings (SSSR count). The fourth-order valence-corrected chi connectivity index (χ4v) is 4.15. The number of benzene rings is 2. The zero-order valence-electron chi connectivity index (χ0n) is 19.9. The fraction of sp³-hybridized carbons (Fsp3) is 0.286. The highest BCUT2D eigenvalue weighted by Gasteiger charge is 2.33. The number of hydrogen-bond donors (Lipinski definition) is 1. The number of carbonyl (C=O) groups excluding carboxylic acids is 3. The Morgan fingerprint density at radius 3 is 2.46 bits per heavy atom. The van der Waals surface area contributed by atoms with Gasteiger partial charge in [0, 0.05) is 37.0 Å². The summed E-state index contributed by atoms with van der Waals surface area (Å²) in [6.07, 6.45) is 3.85. The van der Waals surface area contributed by atoms with E-state index < -0.39 is 0 Å². The molecule has 1 aliphatic rings. The van der Waals surface area contributed by atoms with Gasteiger partial charge in [0.2, 0.25) is 11.8 Å². The highest BCUT2D eigenvalue weighted by Crippen LogP contribution is 2.22. The number of amides is 3. The highest BCUT2D eigenvalue weighted by atomic mass is 16.2. The van der Waals surface area contributed by atoms with Crippen LogP contribution in [-0.4, -0.2) is 40.7 Å². The van der Waals surface area contributed by atoms with Crippen LogP contribution >= 0.6 is 0 Å². The molecule has 0 spiro atoms. The number of pyridine rings is 1. The van der Waals surface area contributed by atoms with Crippen LogP contribution in [0.25, 0.3) is 0 Å². The molecule has 0 bridgehead atoms. The van der Waals surface area contributed by atoms with E-state index in [9.17, 15) is 14.4 Å². The molecule has 180 valence electrons. The summed E-state index contributed by atoms with van der Waals surface area (Å²) < 4.78 is 0. The van der Waals surface area contributed by atoms with E-state index in [4.69, 9.17) is 0 Å². The first-order valence-corrected chi connectivity index (χ1v) is 12.0. The van der Waals surface area contributed by atoms with Gasteiger partial charge in [-0.3, -0.25) is 19.3 Å². The number of rotatable bonds is 9. The van der Waals surface area contributed by atoms with E-state index in [0.717, 1.165) is 18.4 Å². The highest BCUT2D eigenvalue weighted by molar-refractivity contribution is 6.06. The molecule has 7 heteroatoms. The minimum atomic E-state index is -0.355. The number of anilines is 2. The maximum absolute atomic E-state index is 13.4. The lowest BCUT2D eigenvalue weighted by molar-refractivity contribution is -0.128. The second-order valence-electron chi connectivity index (χ2n) is 8.73. The third-order valence-corrected chi connectivity index (χ3v) is 6.12. The van der Waals surface area contributed by atoms with Gasteiger partial charge in [-0.15, -0.1) is 0 Å². The van der Waals surface area contributed by atoms with Crippen LogP contribution in [0.5, 0.6) is 0 Å². The first-order chi connectivity index (χ1) is 17.0. The third-order valence-electron chi connectivity index (χ3n) is 6.12. The van der Waals surface area contributed by atoms with Crippen LogP contribution in [0.4, 0.5) is 11.5 Å². The summed E-state index contributed by atoms with van der Waals surface area (Å²) in [5.74, 6) is -0.106. The van der Waals surface area contributed by atoms with Gasteiger partial charge in [-0.1, -0.05) is 49.7 Å². The molecular formula is C28H30N4O3. The van der Waals surface area contributed by atoms with Gasteiger partial charge in [0.05, 0.1) is 12.5 Å². The molecule has 1 aromatic heterocycles. The lowest BCUT2D eigenvalue weighted by Gasteiger charge is -2.22. The van der Waals surface area contributed by atoms with Gasteiger partial charge < -0.3 is 10.2 Å². The number of unbranched alkanes of at least 4 members (excludes halogenated alkanes) is 1. The van der Waals surface area contributed by atoms with E-state index in [2.05, 4.69) is 17.2 Å². The van der Waals surface area contributed by atoms with Crippen molar-refractivity contribution in [2.45, 2.75) is 32.7 Å². The normalized spacial score (nSPS) is 15.2. The summed E-state index contributed by atoms with van der Waals surface area (Å²) in [6, 6.07) is 22.1. The molecule has 1 unspecified atom stereocenters. The molecular weight excluding hydrogens is 440 g/mol. The van der Waals surface area contributed by atoms with Crippen molar-refractivity contribution < 1.29 is 14.4 Å². The van der Waals surface area contributed by atoms with Crippen molar-refractivity contribution in [1.29, 1.82) is 0 Å². The van der Waals surface area contributed by atoms with Crippen molar-refractivity contribution in [3.63, 3.8) is 0 Å². The Balaban J connectivity index is 1.43. The SMILES string of the molecule is CCCCN1CC(C(=O)Nc2ccc(C(=O)N(Cc3ccccc3)c3ccccn3)cc2)CC1=O. The summed E-state index contributed by atoms with van der Waals surface area (Å²) in [5.41, 5.74) is 2.08. The van der Waals surface area contributed by atoms with Gasteiger partial charge in [0.25, 0.3) is 5.91 Å². The molecule has 1 N–H and O–H groups in total. The molecule has 35 heavy (non-hydrogen) atoms. The van der Waals surface area contributed by atoms with E-state index >= 15 is 0 Å². The minimum absolute atomic E-state index is 0.0348. The number of likely N-dealkylation sites (tertiary alicyclic amines) is 1. The zero-order chi connectivity index (χ0) is 24.6. The van der Waals surface area contributed by atoms with Crippen LogP contribution in [0.15, 0.2) is 79.0 Å².